The van der Waals surface area contributed by atoms with Gasteiger partial charge in [0.2, 0.25) is 0 Å². The predicted octanol–water partition coefficient (Wildman–Crippen LogP) is 3.41. The van der Waals surface area contributed by atoms with Gasteiger partial charge in [0.05, 0.1) is 4.88 Å². The fraction of sp³-hybridized carbons (Fsp3) is 0.0556. The number of thiophene rings is 1. The number of rotatable bonds is 4. The molecule has 0 spiro atoms. The van der Waals surface area contributed by atoms with E-state index in [1.165, 1.54) is 11.3 Å². The molecule has 0 bridgehead atoms. The Labute approximate surface area is 142 Å². The molecule has 1 amide bonds. The van der Waals surface area contributed by atoms with Gasteiger partial charge in [0, 0.05) is 29.8 Å². The van der Waals surface area contributed by atoms with Gasteiger partial charge in [0.1, 0.15) is 12.1 Å². The highest BCUT2D eigenvalue weighted by Crippen LogP contribution is 2.25. The van der Waals surface area contributed by atoms with Crippen LogP contribution in [0.15, 0.2) is 67.4 Å². The maximum absolute atomic E-state index is 12.3. The van der Waals surface area contributed by atoms with Crippen LogP contribution in [0.5, 0.6) is 0 Å². The molecule has 118 valence electrons. The minimum absolute atomic E-state index is 0.0603. The summed E-state index contributed by atoms with van der Waals surface area (Å²) in [4.78, 5) is 21.4. The third-order valence-electron chi connectivity index (χ3n) is 3.68. The predicted molar refractivity (Wildman–Crippen MR) is 94.4 cm³/mol. The number of carbonyl (C=O) groups is 1. The molecule has 0 atom stereocenters. The van der Waals surface area contributed by atoms with Crippen molar-refractivity contribution in [1.82, 2.24) is 19.9 Å². The summed E-state index contributed by atoms with van der Waals surface area (Å²) < 4.78 is 2.95. The van der Waals surface area contributed by atoms with Gasteiger partial charge < -0.3 is 5.32 Å². The van der Waals surface area contributed by atoms with E-state index in [1.807, 2.05) is 53.2 Å². The Morgan fingerprint density at radius 3 is 2.88 bits per heavy atom. The first-order chi connectivity index (χ1) is 11.8. The number of amides is 1. The van der Waals surface area contributed by atoms with Crippen molar-refractivity contribution in [3.63, 3.8) is 0 Å². The summed E-state index contributed by atoms with van der Waals surface area (Å²) in [6.07, 6.45) is 7.01. The first kappa shape index (κ1) is 14.6. The van der Waals surface area contributed by atoms with Crippen LogP contribution < -0.4 is 5.32 Å². The molecule has 0 radical (unpaired) electrons. The number of hydrogen-bond acceptors (Lipinski definition) is 4. The third kappa shape index (κ3) is 2.91. The minimum atomic E-state index is -0.0603. The summed E-state index contributed by atoms with van der Waals surface area (Å²) in [5.41, 5.74) is 0.952. The molecule has 0 unspecified atom stereocenters. The molecular weight excluding hydrogens is 320 g/mol. The van der Waals surface area contributed by atoms with Crippen LogP contribution in [0.1, 0.15) is 15.2 Å². The van der Waals surface area contributed by atoms with E-state index < -0.39 is 0 Å². The standard InChI is InChI=1S/C18H14N4OS/c23-18(16-9-14-3-1-2-4-15(14)24-16)21-11-13-5-6-17(20-10-13)22-8-7-19-12-22/h1-10,12H,11H2,(H,21,23). The van der Waals surface area contributed by atoms with E-state index in [4.69, 9.17) is 0 Å². The zero-order chi connectivity index (χ0) is 16.4. The fourth-order valence-corrected chi connectivity index (χ4v) is 3.41. The van der Waals surface area contributed by atoms with Gasteiger partial charge in [-0.25, -0.2) is 9.97 Å². The Kier molecular flexibility index (Phi) is 3.80. The maximum Gasteiger partial charge on any atom is 0.261 e. The first-order valence-corrected chi connectivity index (χ1v) is 8.31. The zero-order valence-corrected chi connectivity index (χ0v) is 13.5. The van der Waals surface area contributed by atoms with Crippen molar-refractivity contribution in [3.8, 4) is 5.82 Å². The van der Waals surface area contributed by atoms with Gasteiger partial charge in [-0.1, -0.05) is 24.3 Å². The molecule has 0 saturated heterocycles. The number of benzene rings is 1. The van der Waals surface area contributed by atoms with E-state index in [1.54, 1.807) is 18.7 Å². The molecule has 0 fully saturated rings. The van der Waals surface area contributed by atoms with E-state index in [2.05, 4.69) is 15.3 Å². The van der Waals surface area contributed by atoms with Crippen molar-refractivity contribution in [2.75, 3.05) is 0 Å². The SMILES string of the molecule is O=C(NCc1ccc(-n2ccnc2)nc1)c1cc2ccccc2s1. The molecule has 3 heterocycles. The van der Waals surface area contributed by atoms with E-state index in [-0.39, 0.29) is 5.91 Å². The number of carbonyl (C=O) groups excluding carboxylic acids is 1. The summed E-state index contributed by atoms with van der Waals surface area (Å²) in [7, 11) is 0. The van der Waals surface area contributed by atoms with Crippen molar-refractivity contribution in [3.05, 3.63) is 77.8 Å². The van der Waals surface area contributed by atoms with E-state index in [0.717, 1.165) is 26.3 Å². The Bertz CT molecular complexity index is 941. The molecule has 0 aliphatic rings. The van der Waals surface area contributed by atoms with Crippen molar-refractivity contribution in [2.45, 2.75) is 6.54 Å². The zero-order valence-electron chi connectivity index (χ0n) is 12.7. The second-order valence-electron chi connectivity index (χ2n) is 5.33. The number of hydrogen-bond donors (Lipinski definition) is 1. The number of aromatic nitrogens is 3. The number of nitrogens with one attached hydrogen (secondary N) is 1. The minimum Gasteiger partial charge on any atom is -0.347 e. The van der Waals surface area contributed by atoms with Gasteiger partial charge in [0.25, 0.3) is 5.91 Å². The van der Waals surface area contributed by atoms with Crippen LogP contribution in [0.3, 0.4) is 0 Å². The lowest BCUT2D eigenvalue weighted by molar-refractivity contribution is 0.0955. The van der Waals surface area contributed by atoms with E-state index >= 15 is 0 Å². The highest BCUT2D eigenvalue weighted by atomic mass is 32.1. The van der Waals surface area contributed by atoms with Gasteiger partial charge in [0.15, 0.2) is 0 Å². The second-order valence-corrected chi connectivity index (χ2v) is 6.41. The topological polar surface area (TPSA) is 59.8 Å². The van der Waals surface area contributed by atoms with Gasteiger partial charge in [-0.05, 0) is 29.1 Å². The largest absolute Gasteiger partial charge is 0.347 e. The Morgan fingerprint density at radius 1 is 1.21 bits per heavy atom. The Hall–Kier alpha value is -2.99. The summed E-state index contributed by atoms with van der Waals surface area (Å²) in [6.45, 7) is 0.449. The van der Waals surface area contributed by atoms with Gasteiger partial charge in [-0.2, -0.15) is 0 Å². The van der Waals surface area contributed by atoms with Crippen molar-refractivity contribution in [1.29, 1.82) is 0 Å². The summed E-state index contributed by atoms with van der Waals surface area (Å²) >= 11 is 1.50. The van der Waals surface area contributed by atoms with Crippen LogP contribution in [0.4, 0.5) is 0 Å². The van der Waals surface area contributed by atoms with Crippen LogP contribution >= 0.6 is 11.3 Å². The van der Waals surface area contributed by atoms with E-state index in [9.17, 15) is 4.79 Å². The number of nitrogens with zero attached hydrogens (tertiary/aromatic N) is 3. The Balaban J connectivity index is 1.43. The van der Waals surface area contributed by atoms with Crippen LogP contribution in [0.2, 0.25) is 0 Å². The van der Waals surface area contributed by atoms with Crippen molar-refractivity contribution in [2.24, 2.45) is 0 Å². The van der Waals surface area contributed by atoms with Crippen LogP contribution in [0.25, 0.3) is 15.9 Å². The van der Waals surface area contributed by atoms with Crippen molar-refractivity contribution < 1.29 is 4.79 Å². The average Bonchev–Trinajstić information content (AvgIpc) is 3.29. The molecule has 0 saturated carbocycles. The third-order valence-corrected chi connectivity index (χ3v) is 4.80. The molecule has 1 aromatic carbocycles. The first-order valence-electron chi connectivity index (χ1n) is 7.50. The van der Waals surface area contributed by atoms with E-state index in [0.29, 0.717) is 6.54 Å². The molecule has 4 rings (SSSR count). The smallest absolute Gasteiger partial charge is 0.261 e. The van der Waals surface area contributed by atoms with Gasteiger partial charge in [-0.3, -0.25) is 9.36 Å². The highest BCUT2D eigenvalue weighted by Gasteiger charge is 2.09. The summed E-state index contributed by atoms with van der Waals surface area (Å²) in [5, 5.41) is 4.04. The lowest BCUT2D eigenvalue weighted by Gasteiger charge is -2.05. The number of fused-ring (bicyclic) bond motifs is 1. The van der Waals surface area contributed by atoms with Gasteiger partial charge >= 0.3 is 0 Å². The lowest BCUT2D eigenvalue weighted by atomic mass is 10.2. The molecule has 0 aliphatic carbocycles. The molecule has 4 aromatic rings. The fourth-order valence-electron chi connectivity index (χ4n) is 2.43. The lowest BCUT2D eigenvalue weighted by Crippen LogP contribution is -2.21. The molecular formula is C18H14N4OS. The second kappa shape index (κ2) is 6.25. The Morgan fingerprint density at radius 2 is 2.12 bits per heavy atom. The van der Waals surface area contributed by atoms with Gasteiger partial charge in [-0.15, -0.1) is 11.3 Å². The summed E-state index contributed by atoms with van der Waals surface area (Å²) in [6, 6.07) is 13.8. The molecule has 1 N–H and O–H groups in total. The summed E-state index contributed by atoms with van der Waals surface area (Å²) in [5.74, 6) is 0.738. The van der Waals surface area contributed by atoms with Crippen LogP contribution in [0, 0.1) is 0 Å². The molecule has 5 nitrogen and oxygen atoms in total. The number of pyridine rings is 1. The molecule has 6 heteroatoms. The quantitative estimate of drug-likeness (QED) is 0.622. The van der Waals surface area contributed by atoms with Crippen LogP contribution in [-0.4, -0.2) is 20.4 Å². The van der Waals surface area contributed by atoms with Crippen LogP contribution in [-0.2, 0) is 6.54 Å². The average molecular weight is 334 g/mol. The monoisotopic (exact) mass is 334 g/mol. The molecule has 24 heavy (non-hydrogen) atoms. The molecule has 0 aliphatic heterocycles. The molecule has 3 aromatic heterocycles. The highest BCUT2D eigenvalue weighted by molar-refractivity contribution is 7.20. The number of imidazole rings is 1. The van der Waals surface area contributed by atoms with Crippen molar-refractivity contribution >= 4 is 27.3 Å². The maximum atomic E-state index is 12.3. The normalized spacial score (nSPS) is 10.8.